The number of aryl methyl sites for hydroxylation is 1. The molecule has 98 valence electrons. The first-order chi connectivity index (χ1) is 8.66. The molecule has 0 N–H and O–H groups in total. The summed E-state index contributed by atoms with van der Waals surface area (Å²) in [7, 11) is 2.20. The van der Waals surface area contributed by atoms with E-state index in [2.05, 4.69) is 41.0 Å². The van der Waals surface area contributed by atoms with Crippen molar-refractivity contribution >= 4 is 5.78 Å². The van der Waals surface area contributed by atoms with Gasteiger partial charge in [0.25, 0.3) is 0 Å². The van der Waals surface area contributed by atoms with Crippen LogP contribution in [0.15, 0.2) is 24.5 Å². The maximum atomic E-state index is 10.9. The highest BCUT2D eigenvalue weighted by Gasteiger charge is 2.24. The number of hydrogen-bond donors (Lipinski definition) is 0. The predicted octanol–water partition coefficient (Wildman–Crippen LogP) is 2.11. The number of ketones is 1. The van der Waals surface area contributed by atoms with Crippen molar-refractivity contribution in [1.82, 2.24) is 4.90 Å². The highest BCUT2D eigenvalue weighted by Crippen LogP contribution is 2.29. The third-order valence-electron chi connectivity index (χ3n) is 3.73. The first-order valence-electron chi connectivity index (χ1n) is 6.85. The molecule has 0 aliphatic carbocycles. The van der Waals surface area contributed by atoms with Crippen LogP contribution in [0.1, 0.15) is 44.2 Å². The number of aromatic nitrogens is 1. The molecule has 0 bridgehead atoms. The molecule has 1 aromatic heterocycles. The first-order valence-corrected chi connectivity index (χ1v) is 6.85. The van der Waals surface area contributed by atoms with Gasteiger partial charge in [0.1, 0.15) is 12.3 Å². The van der Waals surface area contributed by atoms with Gasteiger partial charge >= 0.3 is 0 Å². The van der Waals surface area contributed by atoms with Crippen LogP contribution in [0.25, 0.3) is 0 Å². The molecule has 0 spiro atoms. The number of hydrogen-bond acceptors (Lipinski definition) is 2. The fraction of sp³-hybridized carbons (Fsp3) is 0.600. The number of rotatable bonds is 5. The van der Waals surface area contributed by atoms with E-state index in [0.29, 0.717) is 12.5 Å². The summed E-state index contributed by atoms with van der Waals surface area (Å²) in [5.74, 6) is 0.280. The zero-order valence-electron chi connectivity index (χ0n) is 11.4. The zero-order chi connectivity index (χ0) is 13.0. The minimum atomic E-state index is 0.280. The molecule has 0 saturated carbocycles. The largest absolute Gasteiger partial charge is 0.300 e. The quantitative estimate of drug-likeness (QED) is 0.744. The van der Waals surface area contributed by atoms with Crippen LogP contribution in [0.3, 0.4) is 0 Å². The lowest BCUT2D eigenvalue weighted by atomic mass is 10.1. The Balaban J connectivity index is 1.98. The van der Waals surface area contributed by atoms with Gasteiger partial charge < -0.3 is 4.79 Å². The molecule has 1 fully saturated rings. The van der Waals surface area contributed by atoms with Crippen molar-refractivity contribution in [3.63, 3.8) is 0 Å². The van der Waals surface area contributed by atoms with Crippen molar-refractivity contribution in [3.8, 4) is 0 Å². The average Bonchev–Trinajstić information content (AvgIpc) is 2.75. The van der Waals surface area contributed by atoms with Crippen LogP contribution in [-0.2, 0) is 11.3 Å². The molecule has 1 atom stereocenters. The lowest BCUT2D eigenvalue weighted by Crippen LogP contribution is -2.34. The fourth-order valence-corrected chi connectivity index (χ4v) is 2.72. The molecule has 3 heteroatoms. The van der Waals surface area contributed by atoms with Crippen molar-refractivity contribution in [1.29, 1.82) is 0 Å². The Morgan fingerprint density at radius 1 is 1.56 bits per heavy atom. The number of likely N-dealkylation sites (tertiary alicyclic amines) is 1. The smallest absolute Gasteiger partial charge is 0.173 e. The molecule has 0 radical (unpaired) electrons. The van der Waals surface area contributed by atoms with Gasteiger partial charge in [-0.1, -0.05) is 0 Å². The summed E-state index contributed by atoms with van der Waals surface area (Å²) < 4.78 is 2.21. The second-order valence-electron chi connectivity index (χ2n) is 5.32. The summed E-state index contributed by atoms with van der Waals surface area (Å²) >= 11 is 0. The molecule has 0 aromatic carbocycles. The molecule has 1 aliphatic rings. The van der Waals surface area contributed by atoms with Crippen LogP contribution in [0, 0.1) is 0 Å². The SMILES string of the molecule is CC(=O)CCC[n+]1cccc([C@@H]2CCCN2C)c1. The summed E-state index contributed by atoms with van der Waals surface area (Å²) in [5, 5.41) is 0. The van der Waals surface area contributed by atoms with Gasteiger partial charge in [-0.25, -0.2) is 4.57 Å². The van der Waals surface area contributed by atoms with Crippen LogP contribution in [-0.4, -0.2) is 24.3 Å². The van der Waals surface area contributed by atoms with Crippen molar-refractivity contribution in [2.24, 2.45) is 0 Å². The minimum absolute atomic E-state index is 0.280. The van der Waals surface area contributed by atoms with Gasteiger partial charge in [0, 0.05) is 30.5 Å². The van der Waals surface area contributed by atoms with Gasteiger partial charge in [-0.05, 0) is 39.4 Å². The standard InChI is InChI=1S/C15H23N2O/c1-13(18)6-3-10-17-11-4-7-14(12-17)15-8-5-9-16(15)2/h4,7,11-12,15H,3,5-6,8-10H2,1-2H3/q+1/t15-/m0/s1. The van der Waals surface area contributed by atoms with E-state index in [1.807, 2.05) is 0 Å². The van der Waals surface area contributed by atoms with Crippen molar-refractivity contribution in [2.75, 3.05) is 13.6 Å². The molecule has 18 heavy (non-hydrogen) atoms. The number of carbonyl (C=O) groups is 1. The van der Waals surface area contributed by atoms with Crippen LogP contribution < -0.4 is 4.57 Å². The third-order valence-corrected chi connectivity index (χ3v) is 3.73. The van der Waals surface area contributed by atoms with E-state index in [1.165, 1.54) is 24.9 Å². The van der Waals surface area contributed by atoms with Gasteiger partial charge in [-0.15, -0.1) is 0 Å². The molecule has 1 aliphatic heterocycles. The molecule has 3 nitrogen and oxygen atoms in total. The zero-order valence-corrected chi connectivity index (χ0v) is 11.4. The highest BCUT2D eigenvalue weighted by molar-refractivity contribution is 5.75. The Morgan fingerprint density at radius 2 is 2.39 bits per heavy atom. The number of Topliss-reactive ketones (excluding diaryl/α,β-unsaturated/α-hetero) is 1. The summed E-state index contributed by atoms with van der Waals surface area (Å²) in [5.41, 5.74) is 1.40. The monoisotopic (exact) mass is 247 g/mol. The summed E-state index contributed by atoms with van der Waals surface area (Å²) in [4.78, 5) is 13.4. The van der Waals surface area contributed by atoms with Gasteiger partial charge in [-0.2, -0.15) is 0 Å². The van der Waals surface area contributed by atoms with Crippen LogP contribution >= 0.6 is 0 Å². The Bertz CT molecular complexity index is 417. The molecule has 0 amide bonds. The maximum Gasteiger partial charge on any atom is 0.173 e. The topological polar surface area (TPSA) is 24.2 Å². The van der Waals surface area contributed by atoms with Crippen LogP contribution in [0.2, 0.25) is 0 Å². The van der Waals surface area contributed by atoms with Crippen molar-refractivity contribution < 1.29 is 9.36 Å². The molecule has 1 aromatic rings. The average molecular weight is 247 g/mol. The number of carbonyl (C=O) groups excluding carboxylic acids is 1. The van der Waals surface area contributed by atoms with Gasteiger partial charge in [-0.3, -0.25) is 4.90 Å². The van der Waals surface area contributed by atoms with Gasteiger partial charge in [0.15, 0.2) is 12.4 Å². The van der Waals surface area contributed by atoms with E-state index >= 15 is 0 Å². The van der Waals surface area contributed by atoms with E-state index in [4.69, 9.17) is 0 Å². The van der Waals surface area contributed by atoms with E-state index in [1.54, 1.807) is 6.92 Å². The van der Waals surface area contributed by atoms with Gasteiger partial charge in [0.2, 0.25) is 0 Å². The second-order valence-corrected chi connectivity index (χ2v) is 5.32. The Kier molecular flexibility index (Phi) is 4.48. The molecular formula is C15H23N2O+. The normalized spacial score (nSPS) is 20.2. The lowest BCUT2D eigenvalue weighted by molar-refractivity contribution is -0.697. The third kappa shape index (κ3) is 3.39. The lowest BCUT2D eigenvalue weighted by Gasteiger charge is -2.18. The van der Waals surface area contributed by atoms with Crippen molar-refractivity contribution in [2.45, 2.75) is 45.2 Å². The van der Waals surface area contributed by atoms with Crippen LogP contribution in [0.5, 0.6) is 0 Å². The second kappa shape index (κ2) is 6.10. The minimum Gasteiger partial charge on any atom is -0.300 e. The van der Waals surface area contributed by atoms with E-state index in [-0.39, 0.29) is 5.78 Å². The van der Waals surface area contributed by atoms with E-state index in [9.17, 15) is 4.79 Å². The summed E-state index contributed by atoms with van der Waals surface area (Å²) in [6.45, 7) is 3.79. The Hall–Kier alpha value is -1.22. The Morgan fingerprint density at radius 3 is 3.06 bits per heavy atom. The van der Waals surface area contributed by atoms with Gasteiger partial charge in [0.05, 0.1) is 0 Å². The van der Waals surface area contributed by atoms with E-state index in [0.717, 1.165) is 13.0 Å². The number of pyridine rings is 1. The molecule has 2 heterocycles. The first kappa shape index (κ1) is 13.2. The Labute approximate surface area is 109 Å². The van der Waals surface area contributed by atoms with Crippen molar-refractivity contribution in [3.05, 3.63) is 30.1 Å². The fourth-order valence-electron chi connectivity index (χ4n) is 2.72. The highest BCUT2D eigenvalue weighted by atomic mass is 16.1. The molecule has 1 saturated heterocycles. The molecular weight excluding hydrogens is 224 g/mol. The molecule has 0 unspecified atom stereocenters. The maximum absolute atomic E-state index is 10.9. The van der Waals surface area contributed by atoms with E-state index < -0.39 is 0 Å². The summed E-state index contributed by atoms with van der Waals surface area (Å²) in [6.07, 6.45) is 8.50. The number of nitrogens with zero attached hydrogens (tertiary/aromatic N) is 2. The van der Waals surface area contributed by atoms with Crippen LogP contribution in [0.4, 0.5) is 0 Å². The predicted molar refractivity (Wildman–Crippen MR) is 71.2 cm³/mol. The molecule has 2 rings (SSSR count). The summed E-state index contributed by atoms with van der Waals surface area (Å²) in [6, 6.07) is 4.91.